The fraction of sp³-hybridized carbons (Fsp3) is 0. The van der Waals surface area contributed by atoms with Gasteiger partial charge in [-0.1, -0.05) is 170 Å². The van der Waals surface area contributed by atoms with Gasteiger partial charge in [0.15, 0.2) is 5.82 Å². The Bertz CT molecular complexity index is 3200. The standard InChI is InChI=1S/C53H34N4/c1-5-18-35(19-6-1)51-47(52(36-20-7-2-8-21-36)56-53(55-51)37-22-9-3-10-23-37)38-24-17-25-39(34-38)50-43-32-33-46-49(48(43)41-28-13-15-30-44(41)54-50)42-29-14-16-31-45(42)57(46)40-26-11-4-12-27-40/h1-34H. The molecule has 0 atom stereocenters. The largest absolute Gasteiger partial charge is 0.309 e. The van der Waals surface area contributed by atoms with Crippen LogP contribution in [0, 0.1) is 0 Å². The Kier molecular flexibility index (Phi) is 7.78. The molecule has 0 aliphatic heterocycles. The maximum atomic E-state index is 5.44. The summed E-state index contributed by atoms with van der Waals surface area (Å²) in [5.74, 6) is 0.689. The molecule has 3 aromatic heterocycles. The number of pyridine rings is 1. The van der Waals surface area contributed by atoms with Crippen LogP contribution in [0.3, 0.4) is 0 Å². The number of rotatable bonds is 6. The number of hydrogen-bond acceptors (Lipinski definition) is 3. The van der Waals surface area contributed by atoms with Gasteiger partial charge in [-0.2, -0.15) is 0 Å². The molecular weight excluding hydrogens is 693 g/mol. The van der Waals surface area contributed by atoms with Crippen molar-refractivity contribution in [1.29, 1.82) is 0 Å². The summed E-state index contributed by atoms with van der Waals surface area (Å²) in [4.78, 5) is 16.1. The van der Waals surface area contributed by atoms with Crippen LogP contribution in [-0.4, -0.2) is 19.5 Å². The third kappa shape index (κ3) is 5.50. The van der Waals surface area contributed by atoms with Gasteiger partial charge in [-0.3, -0.25) is 0 Å². The summed E-state index contributed by atoms with van der Waals surface area (Å²) < 4.78 is 2.38. The summed E-state index contributed by atoms with van der Waals surface area (Å²) in [7, 11) is 0. The predicted octanol–water partition coefficient (Wildman–Crippen LogP) is 13.6. The number of fused-ring (bicyclic) bond motifs is 7. The zero-order valence-corrected chi connectivity index (χ0v) is 30.9. The molecule has 266 valence electrons. The molecule has 57 heavy (non-hydrogen) atoms. The van der Waals surface area contributed by atoms with E-state index in [1.54, 1.807) is 0 Å². The Morgan fingerprint density at radius 3 is 1.54 bits per heavy atom. The van der Waals surface area contributed by atoms with E-state index in [9.17, 15) is 0 Å². The van der Waals surface area contributed by atoms with Crippen LogP contribution < -0.4 is 0 Å². The normalized spacial score (nSPS) is 11.5. The maximum Gasteiger partial charge on any atom is 0.160 e. The first-order valence-electron chi connectivity index (χ1n) is 19.3. The Hall–Kier alpha value is -7.69. The molecule has 0 aliphatic carbocycles. The molecule has 4 nitrogen and oxygen atoms in total. The highest BCUT2D eigenvalue weighted by atomic mass is 15.0. The summed E-state index contributed by atoms with van der Waals surface area (Å²) >= 11 is 0. The molecule has 11 rings (SSSR count). The van der Waals surface area contributed by atoms with Crippen molar-refractivity contribution in [2.24, 2.45) is 0 Å². The third-order valence-corrected chi connectivity index (χ3v) is 11.0. The van der Waals surface area contributed by atoms with Gasteiger partial charge in [0.2, 0.25) is 0 Å². The van der Waals surface area contributed by atoms with E-state index < -0.39 is 0 Å². The minimum Gasteiger partial charge on any atom is -0.309 e. The molecule has 0 unspecified atom stereocenters. The van der Waals surface area contributed by atoms with Gasteiger partial charge >= 0.3 is 0 Å². The number of hydrogen-bond donors (Lipinski definition) is 0. The van der Waals surface area contributed by atoms with Crippen molar-refractivity contribution in [1.82, 2.24) is 19.5 Å². The van der Waals surface area contributed by atoms with E-state index >= 15 is 0 Å². The first-order chi connectivity index (χ1) is 28.3. The molecule has 0 spiro atoms. The van der Waals surface area contributed by atoms with Crippen molar-refractivity contribution in [3.05, 3.63) is 206 Å². The first-order valence-corrected chi connectivity index (χ1v) is 19.3. The molecule has 0 radical (unpaired) electrons. The van der Waals surface area contributed by atoms with Crippen LogP contribution in [0.5, 0.6) is 0 Å². The van der Waals surface area contributed by atoms with E-state index in [0.717, 1.165) is 72.4 Å². The Balaban J connectivity index is 1.20. The molecule has 0 saturated heterocycles. The predicted molar refractivity (Wildman–Crippen MR) is 236 cm³/mol. The van der Waals surface area contributed by atoms with Crippen LogP contribution in [0.2, 0.25) is 0 Å². The Morgan fingerprint density at radius 2 is 0.860 bits per heavy atom. The Morgan fingerprint density at radius 1 is 0.316 bits per heavy atom. The van der Waals surface area contributed by atoms with Crippen molar-refractivity contribution in [2.75, 3.05) is 0 Å². The highest BCUT2D eigenvalue weighted by molar-refractivity contribution is 6.29. The van der Waals surface area contributed by atoms with Gasteiger partial charge in [0.05, 0.1) is 33.6 Å². The smallest absolute Gasteiger partial charge is 0.160 e. The van der Waals surface area contributed by atoms with Crippen LogP contribution in [0.4, 0.5) is 0 Å². The quantitative estimate of drug-likeness (QED) is 0.160. The second-order valence-corrected chi connectivity index (χ2v) is 14.3. The van der Waals surface area contributed by atoms with Crippen LogP contribution in [-0.2, 0) is 0 Å². The van der Waals surface area contributed by atoms with E-state index in [2.05, 4.69) is 180 Å². The lowest BCUT2D eigenvalue weighted by Gasteiger charge is -2.18. The van der Waals surface area contributed by atoms with Crippen molar-refractivity contribution in [2.45, 2.75) is 0 Å². The molecule has 0 fully saturated rings. The SMILES string of the molecule is c1ccc(-c2nc(-c3ccccc3)c(-c3cccc(-c4nc5ccccc5c5c4ccc4c5c5ccccc5n4-c4ccccc4)c3)c(-c3ccccc3)n2)cc1. The highest BCUT2D eigenvalue weighted by Gasteiger charge is 2.23. The van der Waals surface area contributed by atoms with Gasteiger partial charge in [0, 0.05) is 60.4 Å². The minimum atomic E-state index is 0.689. The lowest BCUT2D eigenvalue weighted by molar-refractivity contribution is 1.18. The van der Waals surface area contributed by atoms with Crippen molar-refractivity contribution in [3.8, 4) is 62.0 Å². The second kappa shape index (κ2) is 13.6. The van der Waals surface area contributed by atoms with Crippen LogP contribution in [0.1, 0.15) is 0 Å². The average molecular weight is 727 g/mol. The Labute approximate surface area is 330 Å². The fourth-order valence-corrected chi connectivity index (χ4v) is 8.46. The molecule has 3 heterocycles. The molecule has 8 aromatic carbocycles. The zero-order valence-electron chi connectivity index (χ0n) is 30.9. The van der Waals surface area contributed by atoms with E-state index in [4.69, 9.17) is 15.0 Å². The molecular formula is C53H34N4. The van der Waals surface area contributed by atoms with Gasteiger partial charge < -0.3 is 4.57 Å². The molecule has 0 N–H and O–H groups in total. The number of aromatic nitrogens is 4. The monoisotopic (exact) mass is 726 g/mol. The van der Waals surface area contributed by atoms with Crippen LogP contribution >= 0.6 is 0 Å². The van der Waals surface area contributed by atoms with Gasteiger partial charge in [-0.25, -0.2) is 15.0 Å². The zero-order chi connectivity index (χ0) is 37.7. The van der Waals surface area contributed by atoms with Gasteiger partial charge in [-0.05, 0) is 42.0 Å². The molecule has 11 aromatic rings. The summed E-state index contributed by atoms with van der Waals surface area (Å²) in [5, 5.41) is 5.89. The van der Waals surface area contributed by atoms with Crippen LogP contribution in [0.25, 0.3) is 105 Å². The molecule has 4 heteroatoms. The molecule has 0 aliphatic rings. The lowest BCUT2D eigenvalue weighted by Crippen LogP contribution is -2.01. The fourth-order valence-electron chi connectivity index (χ4n) is 8.46. The van der Waals surface area contributed by atoms with Crippen molar-refractivity contribution in [3.63, 3.8) is 0 Å². The van der Waals surface area contributed by atoms with Gasteiger partial charge in [0.1, 0.15) is 0 Å². The molecule has 0 amide bonds. The van der Waals surface area contributed by atoms with Gasteiger partial charge in [-0.15, -0.1) is 0 Å². The molecule has 0 bridgehead atoms. The maximum absolute atomic E-state index is 5.44. The topological polar surface area (TPSA) is 43.6 Å². The summed E-state index contributed by atoms with van der Waals surface area (Å²) in [6, 6.07) is 72.4. The highest BCUT2D eigenvalue weighted by Crippen LogP contribution is 2.44. The van der Waals surface area contributed by atoms with E-state index in [1.165, 1.54) is 27.2 Å². The molecule has 0 saturated carbocycles. The average Bonchev–Trinajstić information content (AvgIpc) is 3.64. The van der Waals surface area contributed by atoms with E-state index in [1.807, 2.05) is 30.3 Å². The number of nitrogens with zero attached hydrogens (tertiary/aromatic N) is 4. The lowest BCUT2D eigenvalue weighted by atomic mass is 9.91. The van der Waals surface area contributed by atoms with E-state index in [0.29, 0.717) is 5.82 Å². The van der Waals surface area contributed by atoms with Crippen molar-refractivity contribution < 1.29 is 0 Å². The van der Waals surface area contributed by atoms with Crippen LogP contribution in [0.15, 0.2) is 206 Å². The van der Waals surface area contributed by atoms with E-state index in [-0.39, 0.29) is 0 Å². The number of benzene rings is 8. The minimum absolute atomic E-state index is 0.689. The second-order valence-electron chi connectivity index (χ2n) is 14.3. The number of para-hydroxylation sites is 3. The summed E-state index contributed by atoms with van der Waals surface area (Å²) in [6.07, 6.45) is 0. The summed E-state index contributed by atoms with van der Waals surface area (Å²) in [6.45, 7) is 0. The summed E-state index contributed by atoms with van der Waals surface area (Å²) in [5.41, 5.74) is 13.2. The first kappa shape index (κ1) is 32.7. The third-order valence-electron chi connectivity index (χ3n) is 11.0. The van der Waals surface area contributed by atoms with Crippen molar-refractivity contribution >= 4 is 43.5 Å². The van der Waals surface area contributed by atoms with Gasteiger partial charge in [0.25, 0.3) is 0 Å².